The Kier molecular flexibility index (Phi) is 2.75. The molecule has 1 rings (SSSR count). The minimum Gasteiger partial charge on any atom is -0.497 e. The maximum Gasteiger partial charge on any atom is 0.119 e. The molecule has 1 aromatic rings. The first kappa shape index (κ1) is 8.65. The molecule has 0 amide bonds. The van der Waals surface area contributed by atoms with E-state index in [0.29, 0.717) is 0 Å². The predicted molar refractivity (Wildman–Crippen MR) is 51.4 cm³/mol. The summed E-state index contributed by atoms with van der Waals surface area (Å²) < 4.78 is 5.02. The quantitative estimate of drug-likeness (QED) is 0.739. The van der Waals surface area contributed by atoms with Crippen molar-refractivity contribution in [1.29, 1.82) is 0 Å². The smallest absolute Gasteiger partial charge is 0.119 e. The number of nitrogens with one attached hydrogen (secondary N) is 1. The van der Waals surface area contributed by atoms with E-state index in [1.807, 2.05) is 31.2 Å². The second kappa shape index (κ2) is 3.81. The van der Waals surface area contributed by atoms with Crippen molar-refractivity contribution in [2.24, 2.45) is 0 Å². The molecule has 2 heteroatoms. The fourth-order valence-corrected chi connectivity index (χ4v) is 0.921. The van der Waals surface area contributed by atoms with Crippen LogP contribution in [0, 0.1) is 0 Å². The summed E-state index contributed by atoms with van der Waals surface area (Å²) in [5.41, 5.74) is 1.96. The molecule has 0 spiro atoms. The van der Waals surface area contributed by atoms with Gasteiger partial charge in [-0.1, -0.05) is 6.58 Å². The number of anilines is 1. The molecular formula is C10H13NO. The normalized spacial score (nSPS) is 9.17. The zero-order valence-electron chi connectivity index (χ0n) is 7.42. The summed E-state index contributed by atoms with van der Waals surface area (Å²) in [6.07, 6.45) is 0. The van der Waals surface area contributed by atoms with Crippen molar-refractivity contribution in [2.75, 3.05) is 12.4 Å². The van der Waals surface area contributed by atoms with E-state index in [1.165, 1.54) is 0 Å². The van der Waals surface area contributed by atoms with Crippen LogP contribution < -0.4 is 10.1 Å². The van der Waals surface area contributed by atoms with E-state index in [4.69, 9.17) is 4.74 Å². The highest BCUT2D eigenvalue weighted by molar-refractivity contribution is 5.49. The lowest BCUT2D eigenvalue weighted by molar-refractivity contribution is 0.415. The van der Waals surface area contributed by atoms with Crippen molar-refractivity contribution in [2.45, 2.75) is 6.92 Å². The predicted octanol–water partition coefficient (Wildman–Crippen LogP) is 2.64. The van der Waals surface area contributed by atoms with Gasteiger partial charge in [0.2, 0.25) is 0 Å². The Morgan fingerprint density at radius 3 is 2.33 bits per heavy atom. The van der Waals surface area contributed by atoms with Gasteiger partial charge in [0, 0.05) is 11.4 Å². The average molecular weight is 163 g/mol. The Hall–Kier alpha value is -1.44. The molecule has 0 fully saturated rings. The molecule has 0 saturated heterocycles. The van der Waals surface area contributed by atoms with E-state index in [2.05, 4.69) is 11.9 Å². The maximum atomic E-state index is 5.02. The van der Waals surface area contributed by atoms with Gasteiger partial charge in [-0.25, -0.2) is 0 Å². The van der Waals surface area contributed by atoms with Crippen LogP contribution in [0.2, 0.25) is 0 Å². The Balaban J connectivity index is 2.71. The van der Waals surface area contributed by atoms with E-state index in [9.17, 15) is 0 Å². The van der Waals surface area contributed by atoms with Crippen LogP contribution in [-0.4, -0.2) is 7.11 Å². The molecule has 0 aromatic heterocycles. The standard InChI is InChI=1S/C10H13NO/c1-8(2)11-9-4-6-10(12-3)7-5-9/h4-7,11H,1H2,2-3H3. The molecule has 0 atom stereocenters. The summed E-state index contributed by atoms with van der Waals surface area (Å²) in [4.78, 5) is 0. The fraction of sp³-hybridized carbons (Fsp3) is 0.200. The van der Waals surface area contributed by atoms with Gasteiger partial charge < -0.3 is 10.1 Å². The second-order valence-corrected chi connectivity index (χ2v) is 2.63. The fourth-order valence-electron chi connectivity index (χ4n) is 0.921. The Labute approximate surface area is 72.9 Å². The molecule has 1 aromatic carbocycles. The highest BCUT2D eigenvalue weighted by Gasteiger charge is 1.91. The summed E-state index contributed by atoms with van der Waals surface area (Å²) in [6.45, 7) is 5.67. The number of hydrogen-bond donors (Lipinski definition) is 1. The molecule has 12 heavy (non-hydrogen) atoms. The molecule has 0 heterocycles. The van der Waals surface area contributed by atoms with Crippen LogP contribution in [0.25, 0.3) is 0 Å². The van der Waals surface area contributed by atoms with Crippen LogP contribution in [0.3, 0.4) is 0 Å². The van der Waals surface area contributed by atoms with E-state index in [1.54, 1.807) is 7.11 Å². The van der Waals surface area contributed by atoms with Crippen molar-refractivity contribution in [1.82, 2.24) is 0 Å². The summed E-state index contributed by atoms with van der Waals surface area (Å²) in [7, 11) is 1.65. The van der Waals surface area contributed by atoms with Crippen LogP contribution in [0.15, 0.2) is 36.5 Å². The first-order chi connectivity index (χ1) is 5.72. The zero-order chi connectivity index (χ0) is 8.97. The minimum absolute atomic E-state index is 0.863. The largest absolute Gasteiger partial charge is 0.497 e. The van der Waals surface area contributed by atoms with Crippen LogP contribution in [0.5, 0.6) is 5.75 Å². The molecule has 1 N–H and O–H groups in total. The Morgan fingerprint density at radius 2 is 1.92 bits per heavy atom. The number of allylic oxidation sites excluding steroid dienone is 1. The maximum absolute atomic E-state index is 5.02. The van der Waals surface area contributed by atoms with Gasteiger partial charge in [-0.3, -0.25) is 0 Å². The number of hydrogen-bond acceptors (Lipinski definition) is 2. The van der Waals surface area contributed by atoms with Crippen molar-refractivity contribution in [3.63, 3.8) is 0 Å². The second-order valence-electron chi connectivity index (χ2n) is 2.63. The van der Waals surface area contributed by atoms with Gasteiger partial charge in [0.15, 0.2) is 0 Å². The summed E-state index contributed by atoms with van der Waals surface area (Å²) in [5.74, 6) is 0.863. The average Bonchev–Trinajstić information content (AvgIpc) is 2.05. The van der Waals surface area contributed by atoms with Gasteiger partial charge in [-0.05, 0) is 31.2 Å². The third kappa shape index (κ3) is 2.31. The van der Waals surface area contributed by atoms with Crippen LogP contribution in [-0.2, 0) is 0 Å². The van der Waals surface area contributed by atoms with Crippen molar-refractivity contribution in [3.8, 4) is 5.75 Å². The highest BCUT2D eigenvalue weighted by Crippen LogP contribution is 2.15. The van der Waals surface area contributed by atoms with Crippen molar-refractivity contribution in [3.05, 3.63) is 36.5 Å². The lowest BCUT2D eigenvalue weighted by Crippen LogP contribution is -1.92. The van der Waals surface area contributed by atoms with E-state index < -0.39 is 0 Å². The first-order valence-corrected chi connectivity index (χ1v) is 3.79. The van der Waals surface area contributed by atoms with Gasteiger partial charge >= 0.3 is 0 Å². The third-order valence-corrected chi connectivity index (χ3v) is 1.45. The molecule has 0 radical (unpaired) electrons. The first-order valence-electron chi connectivity index (χ1n) is 3.79. The minimum atomic E-state index is 0.863. The van der Waals surface area contributed by atoms with E-state index in [0.717, 1.165) is 17.1 Å². The van der Waals surface area contributed by atoms with E-state index >= 15 is 0 Å². The number of ether oxygens (including phenoxy) is 1. The molecule has 0 aliphatic heterocycles. The van der Waals surface area contributed by atoms with Gasteiger partial charge in [-0.2, -0.15) is 0 Å². The molecular weight excluding hydrogens is 150 g/mol. The monoisotopic (exact) mass is 163 g/mol. The van der Waals surface area contributed by atoms with Crippen molar-refractivity contribution < 1.29 is 4.74 Å². The van der Waals surface area contributed by atoms with E-state index in [-0.39, 0.29) is 0 Å². The summed E-state index contributed by atoms with van der Waals surface area (Å²) >= 11 is 0. The third-order valence-electron chi connectivity index (χ3n) is 1.45. The summed E-state index contributed by atoms with van der Waals surface area (Å²) in [5, 5.41) is 3.11. The van der Waals surface area contributed by atoms with Crippen LogP contribution in [0.1, 0.15) is 6.92 Å². The van der Waals surface area contributed by atoms with Gasteiger partial charge in [0.25, 0.3) is 0 Å². The Bertz CT molecular complexity index is 264. The number of benzene rings is 1. The lowest BCUT2D eigenvalue weighted by Gasteiger charge is -2.05. The number of rotatable bonds is 3. The molecule has 0 bridgehead atoms. The van der Waals surface area contributed by atoms with Gasteiger partial charge in [0.05, 0.1) is 7.11 Å². The SMILES string of the molecule is C=C(C)Nc1ccc(OC)cc1. The van der Waals surface area contributed by atoms with Crippen LogP contribution >= 0.6 is 0 Å². The Morgan fingerprint density at radius 1 is 1.33 bits per heavy atom. The van der Waals surface area contributed by atoms with Crippen molar-refractivity contribution >= 4 is 5.69 Å². The zero-order valence-corrected chi connectivity index (χ0v) is 7.42. The molecule has 2 nitrogen and oxygen atoms in total. The molecule has 0 unspecified atom stereocenters. The molecule has 0 saturated carbocycles. The van der Waals surface area contributed by atoms with Crippen LogP contribution in [0.4, 0.5) is 5.69 Å². The molecule has 0 aliphatic rings. The summed E-state index contributed by atoms with van der Waals surface area (Å²) in [6, 6.07) is 7.72. The number of methoxy groups -OCH3 is 1. The molecule has 0 aliphatic carbocycles. The van der Waals surface area contributed by atoms with Gasteiger partial charge in [-0.15, -0.1) is 0 Å². The lowest BCUT2D eigenvalue weighted by atomic mass is 10.3. The van der Waals surface area contributed by atoms with Gasteiger partial charge in [0.1, 0.15) is 5.75 Å². The molecule has 64 valence electrons. The topological polar surface area (TPSA) is 21.3 Å². The highest BCUT2D eigenvalue weighted by atomic mass is 16.5.